The summed E-state index contributed by atoms with van der Waals surface area (Å²) in [4.78, 5) is 2.13. The van der Waals surface area contributed by atoms with E-state index in [0.29, 0.717) is 0 Å². The van der Waals surface area contributed by atoms with Gasteiger partial charge in [-0.3, -0.25) is 0 Å². The molecule has 0 amide bonds. The van der Waals surface area contributed by atoms with Crippen LogP contribution in [0, 0.1) is 13.8 Å². The second-order valence-corrected chi connectivity index (χ2v) is 5.36. The Hall–Kier alpha value is -1.02. The van der Waals surface area contributed by atoms with Crippen LogP contribution in [0.25, 0.3) is 0 Å². The van der Waals surface area contributed by atoms with E-state index in [-0.39, 0.29) is 0 Å². The van der Waals surface area contributed by atoms with Crippen LogP contribution in [0.5, 0.6) is 0 Å². The Morgan fingerprint density at radius 2 is 1.75 bits per heavy atom. The molecular weight excluding hydrogens is 198 g/mol. The summed E-state index contributed by atoms with van der Waals surface area (Å²) in [6, 6.07) is 4.44. The lowest BCUT2D eigenvalue weighted by Gasteiger charge is -2.21. The minimum Gasteiger partial charge on any atom is -0.390 e. The summed E-state index contributed by atoms with van der Waals surface area (Å²) in [5, 5.41) is 10.0. The van der Waals surface area contributed by atoms with Crippen LogP contribution in [-0.4, -0.2) is 24.8 Å². The zero-order valence-electron chi connectivity index (χ0n) is 10.7. The zero-order valence-corrected chi connectivity index (χ0v) is 10.7. The van der Waals surface area contributed by atoms with E-state index in [2.05, 4.69) is 45.0 Å². The molecule has 0 saturated heterocycles. The van der Waals surface area contributed by atoms with Gasteiger partial charge >= 0.3 is 0 Å². The van der Waals surface area contributed by atoms with Gasteiger partial charge < -0.3 is 10.0 Å². The van der Waals surface area contributed by atoms with Gasteiger partial charge in [0.2, 0.25) is 0 Å². The van der Waals surface area contributed by atoms with Gasteiger partial charge in [-0.15, -0.1) is 0 Å². The lowest BCUT2D eigenvalue weighted by atomic mass is 9.98. The quantitative estimate of drug-likeness (QED) is 0.844. The third-order valence-corrected chi connectivity index (χ3v) is 3.52. The first kappa shape index (κ1) is 11.5. The number of hydrogen-bond donors (Lipinski definition) is 1. The Balaban J connectivity index is 2.37. The number of anilines is 1. The van der Waals surface area contributed by atoms with Crippen molar-refractivity contribution >= 4 is 5.69 Å². The Morgan fingerprint density at radius 3 is 2.25 bits per heavy atom. The average molecular weight is 219 g/mol. The number of nitrogens with zero attached hydrogens (tertiary/aromatic N) is 1. The third kappa shape index (κ3) is 2.22. The molecule has 16 heavy (non-hydrogen) atoms. The van der Waals surface area contributed by atoms with Crippen molar-refractivity contribution < 1.29 is 5.11 Å². The molecule has 1 saturated carbocycles. The summed E-state index contributed by atoms with van der Waals surface area (Å²) in [6.07, 6.45) is 2.70. The van der Waals surface area contributed by atoms with Gasteiger partial charge in [0.1, 0.15) is 0 Å². The minimum absolute atomic E-state index is 0.410. The fourth-order valence-corrected chi connectivity index (χ4v) is 2.09. The lowest BCUT2D eigenvalue weighted by molar-refractivity contribution is 0.151. The van der Waals surface area contributed by atoms with Crippen molar-refractivity contribution in [2.24, 2.45) is 0 Å². The Kier molecular flexibility index (Phi) is 2.70. The first-order valence-electron chi connectivity index (χ1n) is 5.91. The van der Waals surface area contributed by atoms with Gasteiger partial charge in [0.15, 0.2) is 0 Å². The Labute approximate surface area is 97.9 Å². The van der Waals surface area contributed by atoms with Crippen LogP contribution >= 0.6 is 0 Å². The number of rotatable bonds is 3. The molecule has 1 fully saturated rings. The van der Waals surface area contributed by atoms with Gasteiger partial charge in [0, 0.05) is 26.2 Å². The summed E-state index contributed by atoms with van der Waals surface area (Å²) >= 11 is 0. The molecular formula is C14H21NO. The maximum Gasteiger partial charge on any atom is 0.0690 e. The van der Waals surface area contributed by atoms with Crippen LogP contribution in [0.1, 0.15) is 29.5 Å². The highest BCUT2D eigenvalue weighted by Gasteiger charge is 2.40. The van der Waals surface area contributed by atoms with E-state index in [1.54, 1.807) is 0 Å². The van der Waals surface area contributed by atoms with Crippen molar-refractivity contribution in [2.45, 2.75) is 38.7 Å². The second kappa shape index (κ2) is 3.77. The van der Waals surface area contributed by atoms with Crippen molar-refractivity contribution in [3.05, 3.63) is 28.8 Å². The average Bonchev–Trinajstić information content (AvgIpc) is 2.89. The van der Waals surface area contributed by atoms with Crippen LogP contribution in [0.4, 0.5) is 5.69 Å². The molecule has 2 nitrogen and oxygen atoms in total. The number of hydrogen-bond acceptors (Lipinski definition) is 2. The van der Waals surface area contributed by atoms with E-state index in [4.69, 9.17) is 0 Å². The Bertz CT molecular complexity index is 405. The fraction of sp³-hybridized carbons (Fsp3) is 0.571. The number of aliphatic hydroxyl groups is 1. The molecule has 1 aromatic carbocycles. The molecule has 1 N–H and O–H groups in total. The number of aryl methyl sites for hydroxylation is 2. The van der Waals surface area contributed by atoms with Gasteiger partial charge in [-0.05, 0) is 49.4 Å². The van der Waals surface area contributed by atoms with Crippen LogP contribution in [0.3, 0.4) is 0 Å². The minimum atomic E-state index is -0.410. The molecule has 0 heterocycles. The number of benzene rings is 1. The second-order valence-electron chi connectivity index (χ2n) is 5.36. The van der Waals surface area contributed by atoms with Gasteiger partial charge in [-0.1, -0.05) is 6.07 Å². The molecule has 88 valence electrons. The summed E-state index contributed by atoms with van der Waals surface area (Å²) in [5.41, 5.74) is 4.73. The highest BCUT2D eigenvalue weighted by molar-refractivity contribution is 5.57. The van der Waals surface area contributed by atoms with Crippen LogP contribution < -0.4 is 4.90 Å². The highest BCUT2D eigenvalue weighted by Crippen LogP contribution is 2.40. The molecule has 0 spiro atoms. The zero-order chi connectivity index (χ0) is 11.9. The monoisotopic (exact) mass is 219 g/mol. The molecule has 0 bridgehead atoms. The lowest BCUT2D eigenvalue weighted by Crippen LogP contribution is -2.17. The van der Waals surface area contributed by atoms with E-state index in [1.807, 2.05) is 0 Å². The van der Waals surface area contributed by atoms with Crippen LogP contribution in [0.2, 0.25) is 0 Å². The molecule has 1 aliphatic rings. The van der Waals surface area contributed by atoms with Gasteiger partial charge in [-0.25, -0.2) is 0 Å². The molecule has 2 rings (SSSR count). The maximum absolute atomic E-state index is 10.0. The SMILES string of the molecule is Cc1cc(CC2(O)CC2)c(N(C)C)cc1C. The normalized spacial score (nSPS) is 17.3. The van der Waals surface area contributed by atoms with E-state index in [0.717, 1.165) is 19.3 Å². The first-order chi connectivity index (χ1) is 7.41. The van der Waals surface area contributed by atoms with E-state index in [1.165, 1.54) is 22.4 Å². The fourth-order valence-electron chi connectivity index (χ4n) is 2.09. The molecule has 1 aromatic rings. The van der Waals surface area contributed by atoms with Crippen molar-refractivity contribution in [3.63, 3.8) is 0 Å². The molecule has 0 atom stereocenters. The summed E-state index contributed by atoms with van der Waals surface area (Å²) in [6.45, 7) is 4.27. The van der Waals surface area contributed by atoms with Crippen molar-refractivity contribution in [2.75, 3.05) is 19.0 Å². The van der Waals surface area contributed by atoms with Crippen molar-refractivity contribution in [1.29, 1.82) is 0 Å². The maximum atomic E-state index is 10.0. The smallest absolute Gasteiger partial charge is 0.0690 e. The van der Waals surface area contributed by atoms with E-state index in [9.17, 15) is 5.11 Å². The predicted octanol–water partition coefficient (Wildman–Crippen LogP) is 2.44. The summed E-state index contributed by atoms with van der Waals surface area (Å²) in [7, 11) is 4.12. The largest absolute Gasteiger partial charge is 0.390 e. The first-order valence-corrected chi connectivity index (χ1v) is 5.91. The van der Waals surface area contributed by atoms with Crippen LogP contribution in [0.15, 0.2) is 12.1 Å². The summed E-state index contributed by atoms with van der Waals surface area (Å²) < 4.78 is 0. The van der Waals surface area contributed by atoms with Gasteiger partial charge in [0.25, 0.3) is 0 Å². The van der Waals surface area contributed by atoms with Crippen LogP contribution in [-0.2, 0) is 6.42 Å². The molecule has 0 radical (unpaired) electrons. The summed E-state index contributed by atoms with van der Waals surface area (Å²) in [5.74, 6) is 0. The van der Waals surface area contributed by atoms with Crippen molar-refractivity contribution in [3.8, 4) is 0 Å². The van der Waals surface area contributed by atoms with E-state index < -0.39 is 5.60 Å². The predicted molar refractivity (Wildman–Crippen MR) is 68.1 cm³/mol. The topological polar surface area (TPSA) is 23.5 Å². The third-order valence-electron chi connectivity index (χ3n) is 3.52. The highest BCUT2D eigenvalue weighted by atomic mass is 16.3. The molecule has 1 aliphatic carbocycles. The standard InChI is InChI=1S/C14H21NO/c1-10-7-12(9-14(16)5-6-14)13(15(3)4)8-11(10)2/h7-8,16H,5-6,9H2,1-4H3. The molecule has 0 aromatic heterocycles. The van der Waals surface area contributed by atoms with Crippen molar-refractivity contribution in [1.82, 2.24) is 0 Å². The molecule has 2 heteroatoms. The van der Waals surface area contributed by atoms with E-state index >= 15 is 0 Å². The molecule has 0 aliphatic heterocycles. The van der Waals surface area contributed by atoms with Gasteiger partial charge in [0.05, 0.1) is 5.60 Å². The van der Waals surface area contributed by atoms with Gasteiger partial charge in [-0.2, -0.15) is 0 Å². The Morgan fingerprint density at radius 1 is 1.19 bits per heavy atom. The molecule has 0 unspecified atom stereocenters.